The van der Waals surface area contributed by atoms with Crippen LogP contribution in [0.3, 0.4) is 0 Å². The summed E-state index contributed by atoms with van der Waals surface area (Å²) in [5.41, 5.74) is 0. The Morgan fingerprint density at radius 2 is 1.12 bits per heavy atom. The molecule has 1 heterocycles. The van der Waals surface area contributed by atoms with E-state index in [1.807, 2.05) is 0 Å². The number of benzene rings is 3. The van der Waals surface area contributed by atoms with Crippen molar-refractivity contribution in [2.45, 2.75) is 13.3 Å². The van der Waals surface area contributed by atoms with Crippen LogP contribution in [0.5, 0.6) is 0 Å². The molecule has 3 nitrogen and oxygen atoms in total. The third-order valence-electron chi connectivity index (χ3n) is 4.97. The smallest absolute Gasteiger partial charge is 0.0620 e. The molecular formula is C28H37ClN2OPRu+. The first kappa shape index (κ1) is 30.3. The summed E-state index contributed by atoms with van der Waals surface area (Å²) in [7, 11) is 5.46. The molecule has 0 atom stereocenters. The van der Waals surface area contributed by atoms with Crippen molar-refractivity contribution in [3.8, 4) is 0 Å². The summed E-state index contributed by atoms with van der Waals surface area (Å²) in [4.78, 5) is 4.33. The van der Waals surface area contributed by atoms with Crippen LogP contribution >= 0.6 is 17.6 Å². The molecule has 3 aromatic carbocycles. The van der Waals surface area contributed by atoms with E-state index in [1.54, 1.807) is 24.4 Å². The fourth-order valence-corrected chi connectivity index (χ4v) is 6.05. The van der Waals surface area contributed by atoms with Gasteiger partial charge in [0.15, 0.2) is 0 Å². The molecule has 0 N–H and O–H groups in total. The van der Waals surface area contributed by atoms with Gasteiger partial charge in [-0.25, -0.2) is 0 Å². The Hall–Kier alpha value is -1.70. The normalized spacial score (nSPS) is 11.8. The molecule has 184 valence electrons. The average molecular weight is 585 g/mol. The Morgan fingerprint density at radius 1 is 0.735 bits per heavy atom. The van der Waals surface area contributed by atoms with Crippen LogP contribution in [-0.2, 0) is 22.0 Å². The van der Waals surface area contributed by atoms with Crippen molar-refractivity contribution in [1.82, 2.24) is 9.80 Å². The third-order valence-corrected chi connectivity index (χ3v) is 7.70. The van der Waals surface area contributed by atoms with Crippen LogP contribution in [-0.4, -0.2) is 36.6 Å². The number of hydrogen-bond acceptors (Lipinski definition) is 3. The molecule has 0 spiro atoms. The summed E-state index contributed by atoms with van der Waals surface area (Å²) >= 11 is 1.62. The number of methoxy groups -OCH3 is 1. The van der Waals surface area contributed by atoms with E-state index in [1.165, 1.54) is 22.3 Å². The second-order valence-electron chi connectivity index (χ2n) is 7.36. The topological polar surface area (TPSA) is 15.7 Å². The minimum Gasteiger partial charge on any atom is -0.0620 e. The number of rotatable bonds is 8. The quantitative estimate of drug-likeness (QED) is 0.203. The fraction of sp³-hybridized carbons (Fsp3) is 0.214. The van der Waals surface area contributed by atoms with Crippen LogP contribution in [0, 0.1) is 14.1 Å². The van der Waals surface area contributed by atoms with Crippen molar-refractivity contribution < 1.29 is 22.0 Å². The number of hydrogen-bond donors (Lipinski definition) is 0. The SMILES string of the molecule is CCCN1C=CN(CCOC)[CH-]1.[CH3-].[Cl][RuH+2].c1ccc([PH+](c2ccccc2)c2ccccc2)cc1. The van der Waals surface area contributed by atoms with Gasteiger partial charge >= 0.3 is 27.0 Å². The molecule has 1 aliphatic heterocycles. The maximum Gasteiger partial charge on any atom is 0.102 e. The Balaban J connectivity index is 0.000000336. The van der Waals surface area contributed by atoms with E-state index in [2.05, 4.69) is 136 Å². The van der Waals surface area contributed by atoms with Crippen molar-refractivity contribution in [3.63, 3.8) is 0 Å². The van der Waals surface area contributed by atoms with Gasteiger partial charge in [-0.3, -0.25) is 0 Å². The summed E-state index contributed by atoms with van der Waals surface area (Å²) in [6, 6.07) is 32.5. The maximum absolute atomic E-state index is 4.98. The molecule has 0 bridgehead atoms. The van der Waals surface area contributed by atoms with E-state index < -0.39 is 7.92 Å². The number of ether oxygens (including phenoxy) is 1. The second kappa shape index (κ2) is 18.6. The summed E-state index contributed by atoms with van der Waals surface area (Å²) in [6.07, 6.45) is 5.35. The maximum atomic E-state index is 4.98. The van der Waals surface area contributed by atoms with Gasteiger partial charge in [-0.05, 0) is 61.8 Å². The van der Waals surface area contributed by atoms with Gasteiger partial charge in [0, 0.05) is 13.7 Å². The van der Waals surface area contributed by atoms with Gasteiger partial charge in [-0.1, -0.05) is 61.5 Å². The molecule has 6 heteroatoms. The molecule has 0 aromatic heterocycles. The Labute approximate surface area is 222 Å². The van der Waals surface area contributed by atoms with E-state index in [9.17, 15) is 0 Å². The molecule has 0 fully saturated rings. The monoisotopic (exact) mass is 585 g/mol. The van der Waals surface area contributed by atoms with Crippen LogP contribution < -0.4 is 15.9 Å². The van der Waals surface area contributed by atoms with Crippen molar-refractivity contribution in [2.24, 2.45) is 0 Å². The second-order valence-corrected chi connectivity index (χ2v) is 9.84. The van der Waals surface area contributed by atoms with Crippen LogP contribution in [0.15, 0.2) is 103 Å². The molecule has 0 saturated heterocycles. The van der Waals surface area contributed by atoms with Gasteiger partial charge in [0.05, 0.1) is 14.5 Å². The van der Waals surface area contributed by atoms with Crippen molar-refractivity contribution in [1.29, 1.82) is 0 Å². The van der Waals surface area contributed by atoms with Gasteiger partial charge in [-0.2, -0.15) is 6.67 Å². The summed E-state index contributed by atoms with van der Waals surface area (Å²) < 4.78 is 4.98. The summed E-state index contributed by atoms with van der Waals surface area (Å²) in [5, 5.41) is 4.31. The zero-order valence-corrected chi connectivity index (χ0v) is 23.9. The fourth-order valence-electron chi connectivity index (χ4n) is 3.47. The zero-order chi connectivity index (χ0) is 23.7. The van der Waals surface area contributed by atoms with Crippen molar-refractivity contribution in [3.05, 3.63) is 117 Å². The zero-order valence-electron chi connectivity index (χ0n) is 20.3. The third kappa shape index (κ3) is 10.3. The van der Waals surface area contributed by atoms with Crippen molar-refractivity contribution >= 4 is 33.5 Å². The summed E-state index contributed by atoms with van der Waals surface area (Å²) in [6.45, 7) is 7.11. The molecule has 0 unspecified atom stereocenters. The predicted octanol–water partition coefficient (Wildman–Crippen LogP) is 5.30. The van der Waals surface area contributed by atoms with Crippen LogP contribution in [0.2, 0.25) is 0 Å². The van der Waals surface area contributed by atoms with Gasteiger partial charge < -0.3 is 22.0 Å². The molecule has 0 aliphatic carbocycles. The largest absolute Gasteiger partial charge is 0.102 e. The van der Waals surface area contributed by atoms with E-state index in [0.29, 0.717) is 0 Å². The van der Waals surface area contributed by atoms with Gasteiger partial charge in [-0.15, -0.1) is 0 Å². The van der Waals surface area contributed by atoms with Crippen molar-refractivity contribution in [2.75, 3.05) is 26.8 Å². The van der Waals surface area contributed by atoms with Gasteiger partial charge in [0.25, 0.3) is 0 Å². The number of nitrogens with zero attached hydrogens (tertiary/aromatic N) is 2. The van der Waals surface area contributed by atoms with Crippen LogP contribution in [0.25, 0.3) is 0 Å². The first-order chi connectivity index (χ1) is 16.3. The molecule has 34 heavy (non-hydrogen) atoms. The first-order valence-corrected chi connectivity index (χ1v) is 14.9. The molecule has 0 amide bonds. The summed E-state index contributed by atoms with van der Waals surface area (Å²) in [5.74, 6) is 0. The Morgan fingerprint density at radius 3 is 1.47 bits per heavy atom. The average Bonchev–Trinajstić information content (AvgIpc) is 3.34. The molecule has 0 radical (unpaired) electrons. The van der Waals surface area contributed by atoms with Crippen LogP contribution in [0.1, 0.15) is 13.3 Å². The Kier molecular flexibility index (Phi) is 16.6. The first-order valence-electron chi connectivity index (χ1n) is 11.0. The van der Waals surface area contributed by atoms with Gasteiger partial charge in [0.2, 0.25) is 0 Å². The minimum atomic E-state index is -0.877. The van der Waals surface area contributed by atoms with E-state index in [4.69, 9.17) is 4.74 Å². The standard InChI is InChI=1S/C18H15P.C9H17N2O.CH3.ClH.Ru.H/c1-4-10-16(11-5-1)19(17-12-6-2-7-13-17)18-14-8-3-9-15-18;1-3-4-10-5-6-11(9-10)7-8-12-2;;;;/h1-15H;5-6,9H,3-4,7-8H2,1-2H3;1H3;1H;;/q;2*-1;;+3;. The minimum absolute atomic E-state index is 0. The predicted molar refractivity (Wildman–Crippen MR) is 149 cm³/mol. The molecular weight excluding hydrogens is 548 g/mol. The Bertz CT molecular complexity index is 806. The van der Waals surface area contributed by atoms with Crippen LogP contribution in [0.4, 0.5) is 0 Å². The van der Waals surface area contributed by atoms with Gasteiger partial charge in [0.1, 0.15) is 15.9 Å². The molecule has 4 rings (SSSR count). The van der Waals surface area contributed by atoms with E-state index in [-0.39, 0.29) is 7.43 Å². The molecule has 1 aliphatic rings. The van der Waals surface area contributed by atoms with E-state index in [0.717, 1.165) is 19.7 Å². The molecule has 0 saturated carbocycles. The number of halogens is 1. The molecule has 3 aromatic rings. The van der Waals surface area contributed by atoms with E-state index >= 15 is 0 Å².